The molecule has 1 N–H and O–H groups in total. The first kappa shape index (κ1) is 30.9. The molecule has 3 heterocycles. The van der Waals surface area contributed by atoms with Gasteiger partial charge in [0.05, 0.1) is 36.2 Å². The van der Waals surface area contributed by atoms with Crippen LogP contribution in [0.15, 0.2) is 96.3 Å². The van der Waals surface area contributed by atoms with E-state index in [0.717, 1.165) is 21.9 Å². The third-order valence-corrected chi connectivity index (χ3v) is 9.46. The Balaban J connectivity index is 1.50. The molecule has 0 aliphatic carbocycles. The molecule has 0 radical (unpaired) electrons. The number of rotatable bonds is 9. The molecule has 0 spiro atoms. The largest absolute Gasteiger partial charge is 0.495 e. The Morgan fingerprint density at radius 1 is 0.891 bits per heavy atom. The minimum atomic E-state index is -4.09. The Labute approximate surface area is 264 Å². The Morgan fingerprint density at radius 3 is 2.28 bits per heavy atom. The Bertz CT molecular complexity index is 2310. The highest BCUT2D eigenvalue weighted by Crippen LogP contribution is 2.36. The fourth-order valence-electron chi connectivity index (χ4n) is 5.10. The molecule has 46 heavy (non-hydrogen) atoms. The molecule has 0 saturated carbocycles. The molecule has 14 heteroatoms. The maximum absolute atomic E-state index is 13.9. The second-order valence-electron chi connectivity index (χ2n) is 10.7. The maximum Gasteiger partial charge on any atom is 0.269 e. The van der Waals surface area contributed by atoms with Crippen LogP contribution in [0.25, 0.3) is 33.4 Å². The molecule has 3 aromatic carbocycles. The summed E-state index contributed by atoms with van der Waals surface area (Å²) >= 11 is 0. The van der Waals surface area contributed by atoms with Crippen LogP contribution in [0.4, 0.5) is 14.5 Å². The van der Waals surface area contributed by atoms with Gasteiger partial charge in [-0.3, -0.25) is 9.40 Å². The number of aromatic nitrogens is 4. The van der Waals surface area contributed by atoms with Gasteiger partial charge in [0.2, 0.25) is 10.0 Å². The van der Waals surface area contributed by atoms with Crippen LogP contribution in [-0.4, -0.2) is 48.9 Å². The van der Waals surface area contributed by atoms with Gasteiger partial charge in [0.1, 0.15) is 17.4 Å². The van der Waals surface area contributed by atoms with Crippen LogP contribution in [0.3, 0.4) is 0 Å². The van der Waals surface area contributed by atoms with Crippen LogP contribution in [0.5, 0.6) is 5.75 Å². The van der Waals surface area contributed by atoms with Crippen LogP contribution in [0.1, 0.15) is 11.1 Å². The van der Waals surface area contributed by atoms with Gasteiger partial charge in [0.25, 0.3) is 10.0 Å². The van der Waals surface area contributed by atoms with Gasteiger partial charge >= 0.3 is 0 Å². The van der Waals surface area contributed by atoms with E-state index in [2.05, 4.69) is 14.8 Å². The normalized spacial score (nSPS) is 12.0. The molecule has 0 fully saturated rings. The van der Waals surface area contributed by atoms with E-state index in [0.29, 0.717) is 39.1 Å². The van der Waals surface area contributed by atoms with Gasteiger partial charge in [-0.25, -0.2) is 34.6 Å². The lowest BCUT2D eigenvalue weighted by molar-refractivity contribution is 0.417. The van der Waals surface area contributed by atoms with E-state index in [1.807, 2.05) is 6.92 Å². The zero-order valence-corrected chi connectivity index (χ0v) is 26.4. The van der Waals surface area contributed by atoms with Crippen molar-refractivity contribution < 1.29 is 30.4 Å². The van der Waals surface area contributed by atoms with E-state index in [9.17, 15) is 25.6 Å². The fraction of sp³-hybridized carbons (Fsp3) is 0.125. The number of hydrogen-bond donors (Lipinski definition) is 1. The lowest BCUT2D eigenvalue weighted by atomic mass is 10.0. The van der Waals surface area contributed by atoms with Gasteiger partial charge < -0.3 is 4.74 Å². The van der Waals surface area contributed by atoms with Crippen molar-refractivity contribution in [1.29, 1.82) is 0 Å². The highest BCUT2D eigenvalue weighted by molar-refractivity contribution is 7.92. The van der Waals surface area contributed by atoms with Gasteiger partial charge in [-0.15, -0.1) is 0 Å². The number of benzene rings is 3. The van der Waals surface area contributed by atoms with Gasteiger partial charge in [-0.05, 0) is 66.6 Å². The van der Waals surface area contributed by atoms with E-state index >= 15 is 0 Å². The zero-order valence-electron chi connectivity index (χ0n) is 24.8. The molecule has 0 amide bonds. The van der Waals surface area contributed by atoms with E-state index in [4.69, 9.17) is 4.74 Å². The van der Waals surface area contributed by atoms with Crippen LogP contribution in [0.2, 0.25) is 0 Å². The van der Waals surface area contributed by atoms with Crippen molar-refractivity contribution in [1.82, 2.24) is 18.7 Å². The number of ether oxygens (including phenoxy) is 1. The maximum atomic E-state index is 13.9. The summed E-state index contributed by atoms with van der Waals surface area (Å²) in [5, 5.41) is 5.03. The summed E-state index contributed by atoms with van der Waals surface area (Å²) in [5.74, 6) is -1.11. The van der Waals surface area contributed by atoms with Crippen molar-refractivity contribution in [2.45, 2.75) is 18.4 Å². The van der Waals surface area contributed by atoms with Gasteiger partial charge in [0, 0.05) is 41.2 Å². The van der Waals surface area contributed by atoms with Crippen molar-refractivity contribution in [2.24, 2.45) is 0 Å². The molecule has 0 atom stereocenters. The molecule has 10 nitrogen and oxygen atoms in total. The first-order valence-electron chi connectivity index (χ1n) is 13.8. The molecule has 0 aliphatic heterocycles. The minimum absolute atomic E-state index is 0.0673. The van der Waals surface area contributed by atoms with Crippen molar-refractivity contribution in [2.75, 3.05) is 18.1 Å². The van der Waals surface area contributed by atoms with E-state index in [1.165, 1.54) is 48.5 Å². The first-order valence-corrected chi connectivity index (χ1v) is 17.1. The number of aryl methyl sites for hydroxylation is 1. The predicted molar refractivity (Wildman–Crippen MR) is 171 cm³/mol. The quantitative estimate of drug-likeness (QED) is 0.207. The summed E-state index contributed by atoms with van der Waals surface area (Å²) in [5.41, 5.74) is 3.60. The highest BCUT2D eigenvalue weighted by atomic mass is 32.2. The molecule has 6 rings (SSSR count). The van der Waals surface area contributed by atoms with E-state index in [-0.39, 0.29) is 22.8 Å². The number of hydrogen-bond acceptors (Lipinski definition) is 7. The molecule has 0 saturated heterocycles. The monoisotopic (exact) mass is 663 g/mol. The number of anilines is 1. The molecule has 0 aliphatic rings. The van der Waals surface area contributed by atoms with Crippen LogP contribution in [0, 0.1) is 18.6 Å². The van der Waals surface area contributed by atoms with Gasteiger partial charge in [0.15, 0.2) is 5.65 Å². The lowest BCUT2D eigenvalue weighted by Gasteiger charge is -2.12. The number of methoxy groups -OCH3 is 1. The van der Waals surface area contributed by atoms with Crippen LogP contribution in [-0.2, 0) is 26.6 Å². The third-order valence-electron chi connectivity index (χ3n) is 7.20. The SMILES string of the molecule is COc1ccc(-c2cnc3c(c2)c(-c2ccn(Cc4cc(F)cc(F)c4)n2)cn3S(=O)(=O)c2ccc(C)cc2)cc1NS(C)(=O)=O. The molecule has 0 bridgehead atoms. The summed E-state index contributed by atoms with van der Waals surface area (Å²) < 4.78 is 89.7. The molecular formula is C32H27F2N5O5S2. The van der Waals surface area contributed by atoms with Crippen LogP contribution < -0.4 is 9.46 Å². The predicted octanol–water partition coefficient (Wildman–Crippen LogP) is 5.82. The number of nitrogens with zero attached hydrogens (tertiary/aromatic N) is 4. The summed E-state index contributed by atoms with van der Waals surface area (Å²) in [6.45, 7) is 1.92. The summed E-state index contributed by atoms with van der Waals surface area (Å²) in [7, 11) is -6.29. The molecule has 3 aromatic heterocycles. The molecule has 236 valence electrons. The molecule has 0 unspecified atom stereocenters. The average molecular weight is 664 g/mol. The van der Waals surface area contributed by atoms with E-state index in [1.54, 1.807) is 48.7 Å². The Kier molecular flexibility index (Phi) is 7.86. The third kappa shape index (κ3) is 6.21. The van der Waals surface area contributed by atoms with Gasteiger partial charge in [-0.1, -0.05) is 23.8 Å². The number of sulfonamides is 1. The average Bonchev–Trinajstić information content (AvgIpc) is 3.60. The zero-order chi connectivity index (χ0) is 32.8. The number of fused-ring (bicyclic) bond motifs is 1. The van der Waals surface area contributed by atoms with Crippen molar-refractivity contribution in [3.63, 3.8) is 0 Å². The summed E-state index contributed by atoms with van der Waals surface area (Å²) in [6, 6.07) is 18.0. The lowest BCUT2D eigenvalue weighted by Crippen LogP contribution is -2.12. The highest BCUT2D eigenvalue weighted by Gasteiger charge is 2.24. The second kappa shape index (κ2) is 11.7. The Hall–Kier alpha value is -5.08. The summed E-state index contributed by atoms with van der Waals surface area (Å²) in [6.07, 6.45) is 5.59. The standard InChI is InChI=1S/C32H27F2N5O5S2/c1-20-4-7-26(8-5-20)46(42,43)39-19-28(29-10-11-38(36-29)18-21-12-24(33)16-25(34)13-21)27-14-23(17-35-32(27)39)22-6-9-31(44-2)30(15-22)37-45(3,40)41/h4-17,19,37H,18H2,1-3H3. The number of nitrogens with one attached hydrogen (secondary N) is 1. The number of pyridine rings is 1. The molecular weight excluding hydrogens is 637 g/mol. The topological polar surface area (TPSA) is 125 Å². The number of halogens is 2. The first-order chi connectivity index (χ1) is 21.8. The van der Waals surface area contributed by atoms with Crippen molar-refractivity contribution in [3.05, 3.63) is 114 Å². The van der Waals surface area contributed by atoms with Crippen molar-refractivity contribution >= 4 is 36.8 Å². The van der Waals surface area contributed by atoms with Gasteiger partial charge in [-0.2, -0.15) is 5.10 Å². The second-order valence-corrected chi connectivity index (χ2v) is 14.3. The van der Waals surface area contributed by atoms with Crippen LogP contribution >= 0.6 is 0 Å². The van der Waals surface area contributed by atoms with Crippen molar-refractivity contribution in [3.8, 4) is 28.1 Å². The minimum Gasteiger partial charge on any atom is -0.495 e. The smallest absolute Gasteiger partial charge is 0.269 e. The fourth-order valence-corrected chi connectivity index (χ4v) is 6.98. The Morgan fingerprint density at radius 2 is 1.61 bits per heavy atom. The molecule has 6 aromatic rings. The van der Waals surface area contributed by atoms with E-state index < -0.39 is 31.7 Å². The summed E-state index contributed by atoms with van der Waals surface area (Å²) in [4.78, 5) is 4.62.